The molecule has 0 aliphatic heterocycles. The number of hydrogen-bond acceptors (Lipinski definition) is 0. The van der Waals surface area contributed by atoms with Crippen LogP contribution in [-0.4, -0.2) is 0 Å². The van der Waals surface area contributed by atoms with Gasteiger partial charge in [0.05, 0.1) is 0 Å². The third-order valence-corrected chi connectivity index (χ3v) is 1.88. The fraction of sp³-hybridized carbons (Fsp3) is 0.455. The van der Waals surface area contributed by atoms with Gasteiger partial charge < -0.3 is 0 Å². The van der Waals surface area contributed by atoms with Gasteiger partial charge in [-0.2, -0.15) is 0 Å². The van der Waals surface area contributed by atoms with Gasteiger partial charge in [-0.25, -0.2) is 0 Å². The third kappa shape index (κ3) is 2.75. The summed E-state index contributed by atoms with van der Waals surface area (Å²) in [5.41, 5.74) is 2.94. The van der Waals surface area contributed by atoms with Crippen molar-refractivity contribution < 1.29 is 0 Å². The highest BCUT2D eigenvalue weighted by Gasteiger charge is 1.95. The molecule has 0 bridgehead atoms. The summed E-state index contributed by atoms with van der Waals surface area (Å²) in [4.78, 5) is 0. The Balaban J connectivity index is 2.65. The Morgan fingerprint density at radius 1 is 1.45 bits per heavy atom. The van der Waals surface area contributed by atoms with Gasteiger partial charge in [0.2, 0.25) is 0 Å². The van der Waals surface area contributed by atoms with Crippen LogP contribution < -0.4 is 0 Å². The van der Waals surface area contributed by atoms with Crippen molar-refractivity contribution in [2.45, 2.75) is 33.1 Å². The molecule has 0 fully saturated rings. The van der Waals surface area contributed by atoms with Crippen molar-refractivity contribution >= 4 is 0 Å². The molecule has 0 heteroatoms. The molecule has 0 saturated carbocycles. The van der Waals surface area contributed by atoms with E-state index in [1.165, 1.54) is 18.4 Å². The molecular formula is C11H16. The van der Waals surface area contributed by atoms with E-state index in [2.05, 4.69) is 38.2 Å². The van der Waals surface area contributed by atoms with Crippen LogP contribution in [-0.2, 0) is 0 Å². The van der Waals surface area contributed by atoms with E-state index in [0.717, 1.165) is 6.42 Å². The van der Waals surface area contributed by atoms with Crippen molar-refractivity contribution in [2.75, 3.05) is 0 Å². The van der Waals surface area contributed by atoms with Crippen molar-refractivity contribution in [1.82, 2.24) is 0 Å². The minimum Gasteiger partial charge on any atom is -0.0805 e. The molecule has 1 rings (SSSR count). The van der Waals surface area contributed by atoms with Gasteiger partial charge in [0.25, 0.3) is 0 Å². The monoisotopic (exact) mass is 148 g/mol. The van der Waals surface area contributed by atoms with Crippen molar-refractivity contribution in [3.05, 3.63) is 35.5 Å². The highest BCUT2D eigenvalue weighted by Crippen LogP contribution is 2.16. The molecule has 60 valence electrons. The molecule has 1 aliphatic rings. The summed E-state index contributed by atoms with van der Waals surface area (Å²) in [6, 6.07) is 0. The summed E-state index contributed by atoms with van der Waals surface area (Å²) in [6.07, 6.45) is 12.5. The Hall–Kier alpha value is -0.780. The van der Waals surface area contributed by atoms with Crippen LogP contribution >= 0.6 is 0 Å². The van der Waals surface area contributed by atoms with E-state index in [1.54, 1.807) is 5.57 Å². The largest absolute Gasteiger partial charge is 0.0805 e. The zero-order chi connectivity index (χ0) is 8.10. The molecule has 0 unspecified atom stereocenters. The molecule has 0 radical (unpaired) electrons. The van der Waals surface area contributed by atoms with Crippen LogP contribution in [0.1, 0.15) is 33.1 Å². The predicted molar refractivity (Wildman–Crippen MR) is 50.5 cm³/mol. The van der Waals surface area contributed by atoms with Crippen LogP contribution in [0.5, 0.6) is 0 Å². The summed E-state index contributed by atoms with van der Waals surface area (Å²) in [5.74, 6) is 0. The molecule has 0 atom stereocenters. The summed E-state index contributed by atoms with van der Waals surface area (Å²) < 4.78 is 0. The van der Waals surface area contributed by atoms with Crippen molar-refractivity contribution in [3.8, 4) is 0 Å². The molecule has 0 amide bonds. The van der Waals surface area contributed by atoms with Crippen molar-refractivity contribution in [1.29, 1.82) is 0 Å². The van der Waals surface area contributed by atoms with E-state index in [1.807, 2.05) is 0 Å². The second kappa shape index (κ2) is 4.17. The first-order valence-electron chi connectivity index (χ1n) is 4.36. The van der Waals surface area contributed by atoms with Crippen molar-refractivity contribution in [2.24, 2.45) is 0 Å². The minimum atomic E-state index is 1.14. The van der Waals surface area contributed by atoms with Gasteiger partial charge in [-0.1, -0.05) is 48.8 Å². The molecule has 0 nitrogen and oxygen atoms in total. The standard InChI is InChI=1S/C11H16/c1-3-6-11-8-5-4-7-10(2)9-11/h4-5,7,9H,3,6,8H2,1-2H3. The van der Waals surface area contributed by atoms with Gasteiger partial charge >= 0.3 is 0 Å². The lowest BCUT2D eigenvalue weighted by atomic mass is 10.1. The van der Waals surface area contributed by atoms with E-state index in [-0.39, 0.29) is 0 Å². The molecule has 0 spiro atoms. The van der Waals surface area contributed by atoms with Crippen LogP contribution in [0.15, 0.2) is 35.5 Å². The highest BCUT2D eigenvalue weighted by atomic mass is 14.0. The Bertz CT molecular complexity index is 204. The van der Waals surface area contributed by atoms with Crippen LogP contribution in [0.4, 0.5) is 0 Å². The maximum Gasteiger partial charge on any atom is -0.0132 e. The van der Waals surface area contributed by atoms with E-state index in [0.29, 0.717) is 0 Å². The van der Waals surface area contributed by atoms with Crippen LogP contribution in [0.2, 0.25) is 0 Å². The van der Waals surface area contributed by atoms with Gasteiger partial charge in [-0.05, 0) is 19.8 Å². The Morgan fingerprint density at radius 3 is 3.00 bits per heavy atom. The predicted octanol–water partition coefficient (Wildman–Crippen LogP) is 3.62. The fourth-order valence-corrected chi connectivity index (χ4v) is 1.36. The Kier molecular flexibility index (Phi) is 3.15. The number of hydrogen-bond donors (Lipinski definition) is 0. The molecule has 0 aromatic rings. The van der Waals surface area contributed by atoms with Crippen LogP contribution in [0, 0.1) is 0 Å². The zero-order valence-corrected chi connectivity index (χ0v) is 7.43. The minimum absolute atomic E-state index is 1.14. The SMILES string of the molecule is CCCC1=CC(C)=CC=CC1. The van der Waals surface area contributed by atoms with Crippen LogP contribution in [0.3, 0.4) is 0 Å². The molecule has 0 saturated heterocycles. The van der Waals surface area contributed by atoms with Crippen LogP contribution in [0.25, 0.3) is 0 Å². The summed E-state index contributed by atoms with van der Waals surface area (Å²) >= 11 is 0. The molecular weight excluding hydrogens is 132 g/mol. The van der Waals surface area contributed by atoms with E-state index in [4.69, 9.17) is 0 Å². The maximum atomic E-state index is 2.31. The van der Waals surface area contributed by atoms with E-state index < -0.39 is 0 Å². The molecule has 0 aromatic carbocycles. The quantitative estimate of drug-likeness (QED) is 0.561. The number of allylic oxidation sites excluding steroid dienone is 6. The lowest BCUT2D eigenvalue weighted by Gasteiger charge is -2.00. The zero-order valence-electron chi connectivity index (χ0n) is 7.43. The molecule has 1 aliphatic carbocycles. The average molecular weight is 148 g/mol. The van der Waals surface area contributed by atoms with Gasteiger partial charge in [0.15, 0.2) is 0 Å². The molecule has 0 aromatic heterocycles. The topological polar surface area (TPSA) is 0 Å². The Morgan fingerprint density at radius 2 is 2.27 bits per heavy atom. The lowest BCUT2D eigenvalue weighted by Crippen LogP contribution is -1.80. The van der Waals surface area contributed by atoms with E-state index >= 15 is 0 Å². The maximum absolute atomic E-state index is 2.31. The normalized spacial score (nSPS) is 17.3. The van der Waals surface area contributed by atoms with E-state index in [9.17, 15) is 0 Å². The highest BCUT2D eigenvalue weighted by molar-refractivity contribution is 5.30. The molecule has 11 heavy (non-hydrogen) atoms. The fourth-order valence-electron chi connectivity index (χ4n) is 1.36. The first kappa shape index (κ1) is 8.32. The second-order valence-corrected chi connectivity index (χ2v) is 3.10. The van der Waals surface area contributed by atoms with Gasteiger partial charge in [-0.3, -0.25) is 0 Å². The van der Waals surface area contributed by atoms with Gasteiger partial charge in [0.1, 0.15) is 0 Å². The summed E-state index contributed by atoms with van der Waals surface area (Å²) in [7, 11) is 0. The average Bonchev–Trinajstić information content (AvgIpc) is 2.15. The smallest absolute Gasteiger partial charge is 0.0132 e. The molecule has 0 N–H and O–H groups in total. The van der Waals surface area contributed by atoms with Crippen molar-refractivity contribution in [3.63, 3.8) is 0 Å². The van der Waals surface area contributed by atoms with Gasteiger partial charge in [0, 0.05) is 0 Å². The first-order chi connectivity index (χ1) is 5.33. The van der Waals surface area contributed by atoms with Gasteiger partial charge in [-0.15, -0.1) is 0 Å². The summed E-state index contributed by atoms with van der Waals surface area (Å²) in [5, 5.41) is 0. The first-order valence-corrected chi connectivity index (χ1v) is 4.36. The Labute approximate surface area is 69.3 Å². The summed E-state index contributed by atoms with van der Waals surface area (Å²) in [6.45, 7) is 4.39. The molecule has 0 heterocycles. The lowest BCUT2D eigenvalue weighted by molar-refractivity contribution is 0.879. The number of rotatable bonds is 2. The second-order valence-electron chi connectivity index (χ2n) is 3.10. The third-order valence-electron chi connectivity index (χ3n) is 1.88.